The van der Waals surface area contributed by atoms with Gasteiger partial charge in [0.1, 0.15) is 0 Å². The lowest BCUT2D eigenvalue weighted by molar-refractivity contribution is 0.322. The van der Waals surface area contributed by atoms with Crippen LogP contribution in [0.15, 0.2) is 87.7 Å². The number of aromatic nitrogens is 1. The van der Waals surface area contributed by atoms with Crippen LogP contribution in [-0.2, 0) is 6.54 Å². The maximum Gasteiger partial charge on any atom is 0.0734 e. The van der Waals surface area contributed by atoms with E-state index < -0.39 is 0 Å². The molecule has 1 aromatic heterocycles. The molecule has 0 radical (unpaired) electrons. The Hall–Kier alpha value is -2.69. The van der Waals surface area contributed by atoms with Gasteiger partial charge in [0.25, 0.3) is 0 Å². The molecule has 0 spiro atoms. The van der Waals surface area contributed by atoms with E-state index in [2.05, 4.69) is 53.0 Å². The SMILES string of the molecule is Cc1c(Sc2cccc(/C=N/O)c2)c2ccc(Cl)cc2n1Cc1ccccc1. The minimum Gasteiger partial charge on any atom is -0.411 e. The Bertz CT molecular complexity index is 1150. The smallest absolute Gasteiger partial charge is 0.0734 e. The fourth-order valence-corrected chi connectivity index (χ4v) is 4.64. The van der Waals surface area contributed by atoms with E-state index in [-0.39, 0.29) is 0 Å². The van der Waals surface area contributed by atoms with Gasteiger partial charge in [0.2, 0.25) is 0 Å². The van der Waals surface area contributed by atoms with E-state index in [0.29, 0.717) is 0 Å². The Morgan fingerprint density at radius 1 is 1.04 bits per heavy atom. The van der Waals surface area contributed by atoms with E-state index >= 15 is 0 Å². The number of hydrogen-bond donors (Lipinski definition) is 1. The minimum atomic E-state index is 0.733. The maximum atomic E-state index is 8.80. The first-order valence-corrected chi connectivity index (χ1v) is 10.1. The third-order valence-electron chi connectivity index (χ3n) is 4.70. The molecular formula is C23H19ClN2OS. The number of hydrogen-bond acceptors (Lipinski definition) is 3. The van der Waals surface area contributed by atoms with Crippen molar-refractivity contribution in [3.63, 3.8) is 0 Å². The summed E-state index contributed by atoms with van der Waals surface area (Å²) < 4.78 is 2.32. The number of rotatable bonds is 5. The van der Waals surface area contributed by atoms with Crippen LogP contribution in [0.1, 0.15) is 16.8 Å². The largest absolute Gasteiger partial charge is 0.411 e. The molecule has 28 heavy (non-hydrogen) atoms. The molecule has 1 heterocycles. The predicted octanol–water partition coefficient (Wildman–Crippen LogP) is 6.61. The molecule has 0 fully saturated rings. The van der Waals surface area contributed by atoms with Crippen molar-refractivity contribution in [2.75, 3.05) is 0 Å². The molecule has 4 aromatic rings. The van der Waals surface area contributed by atoms with Crippen LogP contribution in [-0.4, -0.2) is 16.0 Å². The molecule has 3 nitrogen and oxygen atoms in total. The molecule has 1 N–H and O–H groups in total. The van der Waals surface area contributed by atoms with Gasteiger partial charge in [-0.3, -0.25) is 0 Å². The fraction of sp³-hybridized carbons (Fsp3) is 0.0870. The summed E-state index contributed by atoms with van der Waals surface area (Å²) in [5.41, 5.74) is 4.44. The van der Waals surface area contributed by atoms with Crippen molar-refractivity contribution < 1.29 is 5.21 Å². The highest BCUT2D eigenvalue weighted by molar-refractivity contribution is 7.99. The molecule has 0 saturated carbocycles. The highest BCUT2D eigenvalue weighted by atomic mass is 35.5. The van der Waals surface area contributed by atoms with Crippen LogP contribution in [0.3, 0.4) is 0 Å². The lowest BCUT2D eigenvalue weighted by atomic mass is 10.2. The van der Waals surface area contributed by atoms with Gasteiger partial charge in [-0.15, -0.1) is 0 Å². The van der Waals surface area contributed by atoms with Gasteiger partial charge in [-0.25, -0.2) is 0 Å². The van der Waals surface area contributed by atoms with Crippen molar-refractivity contribution in [2.24, 2.45) is 5.16 Å². The molecule has 0 atom stereocenters. The van der Waals surface area contributed by atoms with Gasteiger partial charge in [-0.2, -0.15) is 0 Å². The molecule has 0 aliphatic rings. The summed E-state index contributed by atoms with van der Waals surface area (Å²) in [4.78, 5) is 2.30. The summed E-state index contributed by atoms with van der Waals surface area (Å²) >= 11 is 8.03. The van der Waals surface area contributed by atoms with Crippen LogP contribution in [0.5, 0.6) is 0 Å². The summed E-state index contributed by atoms with van der Waals surface area (Å²) in [6, 6.07) is 24.5. The van der Waals surface area contributed by atoms with E-state index in [9.17, 15) is 0 Å². The number of halogens is 1. The van der Waals surface area contributed by atoms with Crippen molar-refractivity contribution in [1.29, 1.82) is 0 Å². The Morgan fingerprint density at radius 3 is 2.64 bits per heavy atom. The number of benzene rings is 3. The summed E-state index contributed by atoms with van der Waals surface area (Å²) in [7, 11) is 0. The van der Waals surface area contributed by atoms with E-state index in [1.54, 1.807) is 11.8 Å². The molecule has 3 aromatic carbocycles. The van der Waals surface area contributed by atoms with Crippen LogP contribution < -0.4 is 0 Å². The van der Waals surface area contributed by atoms with Crippen LogP contribution in [0.2, 0.25) is 5.02 Å². The second kappa shape index (κ2) is 8.13. The Balaban J connectivity index is 1.80. The highest BCUT2D eigenvalue weighted by Gasteiger charge is 2.16. The second-order valence-electron chi connectivity index (χ2n) is 6.57. The van der Waals surface area contributed by atoms with Gasteiger partial charge >= 0.3 is 0 Å². The van der Waals surface area contributed by atoms with Gasteiger partial charge < -0.3 is 9.77 Å². The molecule has 0 bridgehead atoms. The Kier molecular flexibility index (Phi) is 5.42. The van der Waals surface area contributed by atoms with Crippen molar-refractivity contribution in [1.82, 2.24) is 4.57 Å². The Labute approximate surface area is 173 Å². The molecule has 5 heteroatoms. The topological polar surface area (TPSA) is 37.5 Å². The third kappa shape index (κ3) is 3.79. The first-order chi connectivity index (χ1) is 13.7. The number of oxime groups is 1. The zero-order valence-electron chi connectivity index (χ0n) is 15.3. The van der Waals surface area contributed by atoms with Crippen LogP contribution in [0.25, 0.3) is 10.9 Å². The Morgan fingerprint density at radius 2 is 1.86 bits per heavy atom. The molecule has 0 unspecified atom stereocenters. The summed E-state index contributed by atoms with van der Waals surface area (Å²) in [5, 5.41) is 13.8. The van der Waals surface area contributed by atoms with Crippen LogP contribution in [0.4, 0.5) is 0 Å². The van der Waals surface area contributed by atoms with Gasteiger partial charge in [0, 0.05) is 32.4 Å². The second-order valence-corrected chi connectivity index (χ2v) is 8.09. The first-order valence-electron chi connectivity index (χ1n) is 8.93. The monoisotopic (exact) mass is 406 g/mol. The molecule has 4 rings (SSSR count). The van der Waals surface area contributed by atoms with Crippen molar-refractivity contribution >= 4 is 40.5 Å². The standard InChI is InChI=1S/C23H19ClN2OS/c1-16-23(28-20-9-5-8-18(12-20)14-25-27)21-11-10-19(24)13-22(21)26(16)15-17-6-3-2-4-7-17/h2-14,27H,15H2,1H3/b25-14+. The van der Waals surface area contributed by atoms with Gasteiger partial charge in [0.15, 0.2) is 0 Å². The van der Waals surface area contributed by atoms with Gasteiger partial charge in [-0.1, -0.05) is 77.0 Å². The van der Waals surface area contributed by atoms with Crippen LogP contribution >= 0.6 is 23.4 Å². The normalized spacial score (nSPS) is 11.5. The molecule has 0 aliphatic carbocycles. The highest BCUT2D eigenvalue weighted by Crippen LogP contribution is 2.39. The predicted molar refractivity (Wildman–Crippen MR) is 117 cm³/mol. The lowest BCUT2D eigenvalue weighted by Crippen LogP contribution is -2.01. The zero-order valence-corrected chi connectivity index (χ0v) is 16.9. The number of fused-ring (bicyclic) bond motifs is 1. The van der Waals surface area contributed by atoms with Crippen molar-refractivity contribution in [2.45, 2.75) is 23.3 Å². The van der Waals surface area contributed by atoms with Crippen LogP contribution in [0, 0.1) is 6.92 Å². The van der Waals surface area contributed by atoms with Crippen molar-refractivity contribution in [3.8, 4) is 0 Å². The zero-order chi connectivity index (χ0) is 19.5. The third-order valence-corrected chi connectivity index (χ3v) is 6.14. The summed E-state index contributed by atoms with van der Waals surface area (Å²) in [5.74, 6) is 0. The fourth-order valence-electron chi connectivity index (χ4n) is 3.36. The van der Waals surface area contributed by atoms with E-state index in [1.807, 2.05) is 36.4 Å². The quantitative estimate of drug-likeness (QED) is 0.230. The molecule has 140 valence electrons. The lowest BCUT2D eigenvalue weighted by Gasteiger charge is -2.09. The van der Waals surface area contributed by atoms with Gasteiger partial charge in [-0.05, 0) is 42.3 Å². The summed E-state index contributed by atoms with van der Waals surface area (Å²) in [6.07, 6.45) is 1.44. The molecule has 0 aliphatic heterocycles. The average molecular weight is 407 g/mol. The minimum absolute atomic E-state index is 0.733. The number of nitrogens with zero attached hydrogens (tertiary/aromatic N) is 2. The molecule has 0 amide bonds. The first kappa shape index (κ1) is 18.7. The van der Waals surface area contributed by atoms with Crippen molar-refractivity contribution in [3.05, 3.63) is 94.6 Å². The van der Waals surface area contributed by atoms with E-state index in [4.69, 9.17) is 16.8 Å². The molecular weight excluding hydrogens is 388 g/mol. The average Bonchev–Trinajstić information content (AvgIpc) is 2.95. The maximum absolute atomic E-state index is 8.80. The summed E-state index contributed by atoms with van der Waals surface area (Å²) in [6.45, 7) is 2.94. The van der Waals surface area contributed by atoms with E-state index in [1.165, 1.54) is 27.8 Å². The van der Waals surface area contributed by atoms with E-state index in [0.717, 1.165) is 27.5 Å². The molecule has 0 saturated heterocycles. The van der Waals surface area contributed by atoms with Gasteiger partial charge in [0.05, 0.1) is 11.7 Å².